The molecule has 6 aliphatic heterocycles. The maximum Gasteiger partial charge on any atom is 0.311 e. The maximum absolute atomic E-state index is 13.6. The number of hydrogen-bond donors (Lipinski definition) is 2. The number of benzene rings is 12. The summed E-state index contributed by atoms with van der Waals surface area (Å²) in [6.07, 6.45) is 2.84. The van der Waals surface area contributed by atoms with Gasteiger partial charge in [0.25, 0.3) is 70.9 Å². The summed E-state index contributed by atoms with van der Waals surface area (Å²) in [5, 5.41) is 20.8. The third-order valence-electron chi connectivity index (χ3n) is 25.5. The summed E-state index contributed by atoms with van der Waals surface area (Å²) in [6, 6.07) is 63.5. The van der Waals surface area contributed by atoms with Gasteiger partial charge in [-0.1, -0.05) is 93.8 Å². The topological polar surface area (TPSA) is 404 Å². The number of phenolic OH excluding ortho intramolecular Hbond substituents is 2. The summed E-state index contributed by atoms with van der Waals surface area (Å²) < 4.78 is 106. The van der Waals surface area contributed by atoms with Crippen LogP contribution >= 0.6 is 0 Å². The summed E-state index contributed by atoms with van der Waals surface area (Å²) in [6.45, 7) is 23.4. The maximum atomic E-state index is 13.6. The van der Waals surface area contributed by atoms with Gasteiger partial charge in [0.05, 0.1) is 108 Å². The minimum Gasteiger partial charge on any atom is -0.508 e. The number of unbranched alkanes of at least 4 members (excludes halogenated alkanes) is 1. The van der Waals surface area contributed by atoms with Crippen molar-refractivity contribution >= 4 is 137 Å². The van der Waals surface area contributed by atoms with E-state index in [-0.39, 0.29) is 131 Å². The molecule has 6 heterocycles. The van der Waals surface area contributed by atoms with Crippen molar-refractivity contribution in [2.75, 3.05) is 37.5 Å². The lowest BCUT2D eigenvalue weighted by Gasteiger charge is -2.39. The molecule has 12 amide bonds. The molecule has 30 nitrogen and oxygen atoms in total. The zero-order valence-electron chi connectivity index (χ0n) is 79.1. The molecule has 12 aromatic carbocycles. The average Bonchev–Trinajstić information content (AvgIpc) is 1.59. The van der Waals surface area contributed by atoms with E-state index in [0.29, 0.717) is 34.6 Å². The third kappa shape index (κ3) is 18.9. The fourth-order valence-corrected chi connectivity index (χ4v) is 35.9. The summed E-state index contributed by atoms with van der Waals surface area (Å²) in [7, 11) is -15.1. The third-order valence-corrected chi connectivity index (χ3v) is 42.3. The number of rotatable bonds is 26. The number of ether oxygens (including phenoxy) is 2. The Kier molecular flexibility index (Phi) is 26.3. The van der Waals surface area contributed by atoms with E-state index in [1.54, 1.807) is 49.4 Å². The fourth-order valence-electron chi connectivity index (χ4n) is 17.8. The normalized spacial score (nSPS) is 14.7. The zero-order chi connectivity index (χ0) is 102. The molecule has 12 aromatic rings. The molecule has 18 rings (SSSR count). The number of aromatic hydroxyl groups is 2. The van der Waals surface area contributed by atoms with Crippen molar-refractivity contribution in [3.8, 4) is 45.6 Å². The van der Waals surface area contributed by atoms with Crippen LogP contribution in [0.25, 0.3) is 11.1 Å². The second-order valence-electron chi connectivity index (χ2n) is 37.1. The number of hydrogen-bond acceptors (Lipinski definition) is 24. The molecular weight excluding hydrogens is 1910 g/mol. The number of carbonyl (C=O) groups is 12. The van der Waals surface area contributed by atoms with E-state index in [0.717, 1.165) is 96.3 Å². The second kappa shape index (κ2) is 37.4. The Hall–Kier alpha value is -14.9. The van der Waals surface area contributed by atoms with Crippen molar-refractivity contribution < 1.29 is 111 Å². The van der Waals surface area contributed by atoms with Crippen LogP contribution in [0.1, 0.15) is 187 Å². The molecular formula is C105H96N6O24S3Si3. The van der Waals surface area contributed by atoms with Crippen LogP contribution in [-0.2, 0) is 43.2 Å². The first-order chi connectivity index (χ1) is 66.4. The highest BCUT2D eigenvalue weighted by Crippen LogP contribution is 2.44. The van der Waals surface area contributed by atoms with Crippen LogP contribution in [0.15, 0.2) is 272 Å². The van der Waals surface area contributed by atoms with Gasteiger partial charge >= 0.3 is 8.56 Å². The van der Waals surface area contributed by atoms with E-state index in [2.05, 4.69) is 72.2 Å². The molecule has 0 aliphatic carbocycles. The van der Waals surface area contributed by atoms with Gasteiger partial charge in [0, 0.05) is 33.1 Å². The van der Waals surface area contributed by atoms with E-state index in [4.69, 9.17) is 17.7 Å². The Morgan fingerprint density at radius 2 is 0.610 bits per heavy atom. The van der Waals surface area contributed by atoms with Crippen LogP contribution in [0, 0.1) is 13.8 Å². The first-order valence-electron chi connectivity index (χ1n) is 44.9. The number of sulfone groups is 3. The van der Waals surface area contributed by atoms with Crippen molar-refractivity contribution in [2.45, 2.75) is 140 Å². The summed E-state index contributed by atoms with van der Waals surface area (Å²) in [5.41, 5.74) is 5.30. The molecule has 0 saturated carbocycles. The number of carbonyl (C=O) groups excluding carboxylic acids is 12. The lowest BCUT2D eigenvalue weighted by molar-refractivity contribution is 0.0644. The molecule has 0 atom stereocenters. The molecule has 0 spiro atoms. The van der Waals surface area contributed by atoms with Gasteiger partial charge in [0.15, 0.2) is 16.6 Å². The van der Waals surface area contributed by atoms with Crippen molar-refractivity contribution in [1.29, 1.82) is 0 Å². The van der Waals surface area contributed by atoms with Gasteiger partial charge in [0.1, 0.15) is 34.5 Å². The molecule has 36 heteroatoms. The Labute approximate surface area is 816 Å². The van der Waals surface area contributed by atoms with Gasteiger partial charge in [-0.25, -0.2) is 35.1 Å². The number of amides is 12. The van der Waals surface area contributed by atoms with Crippen LogP contribution < -0.4 is 19.3 Å². The first-order valence-corrected chi connectivity index (χ1v) is 58.4. The van der Waals surface area contributed by atoms with E-state index in [9.17, 15) is 93.0 Å². The molecule has 0 saturated heterocycles. The zero-order valence-corrected chi connectivity index (χ0v) is 84.6. The van der Waals surface area contributed by atoms with Crippen molar-refractivity contribution in [1.82, 2.24) is 19.6 Å². The highest BCUT2D eigenvalue weighted by atomic mass is 32.2. The van der Waals surface area contributed by atoms with Crippen LogP contribution in [0.2, 0.25) is 51.4 Å². The Balaban J connectivity index is 0.000000155. The van der Waals surface area contributed by atoms with Crippen molar-refractivity contribution in [3.05, 3.63) is 332 Å². The Morgan fingerprint density at radius 1 is 0.319 bits per heavy atom. The summed E-state index contributed by atoms with van der Waals surface area (Å²) >= 11 is 0. The number of imide groups is 6. The highest BCUT2D eigenvalue weighted by Gasteiger charge is 2.46. The predicted molar refractivity (Wildman–Crippen MR) is 528 cm³/mol. The number of nitrogens with zero attached hydrogens (tertiary/aromatic N) is 6. The van der Waals surface area contributed by atoms with Crippen LogP contribution in [-0.4, -0.2) is 179 Å². The largest absolute Gasteiger partial charge is 0.508 e. The van der Waals surface area contributed by atoms with Gasteiger partial charge in [-0.2, -0.15) is 0 Å². The van der Waals surface area contributed by atoms with Gasteiger partial charge in [0.2, 0.25) is 29.5 Å². The highest BCUT2D eigenvalue weighted by molar-refractivity contribution is 7.92. The number of fused-ring (bicyclic) bond motifs is 6. The average molecular weight is 2010 g/mol. The van der Waals surface area contributed by atoms with Gasteiger partial charge in [-0.3, -0.25) is 77.1 Å². The van der Waals surface area contributed by atoms with E-state index < -0.39 is 126 Å². The van der Waals surface area contributed by atoms with Gasteiger partial charge in [-0.05, 0) is 288 Å². The molecule has 0 fully saturated rings. The Bertz CT molecular complexity index is 7760. The van der Waals surface area contributed by atoms with Gasteiger partial charge in [-0.15, -0.1) is 0 Å². The smallest absolute Gasteiger partial charge is 0.311 e. The van der Waals surface area contributed by atoms with Crippen LogP contribution in [0.3, 0.4) is 0 Å². The van der Waals surface area contributed by atoms with E-state index >= 15 is 0 Å². The molecule has 720 valence electrons. The first kappa shape index (κ1) is 99.1. The molecule has 0 unspecified atom stereocenters. The number of anilines is 2. The number of phenols is 2. The summed E-state index contributed by atoms with van der Waals surface area (Å²) in [4.78, 5) is 158. The van der Waals surface area contributed by atoms with E-state index in [1.165, 1.54) is 135 Å². The molecule has 141 heavy (non-hydrogen) atoms. The lowest BCUT2D eigenvalue weighted by atomic mass is 9.78. The van der Waals surface area contributed by atoms with E-state index in [1.807, 2.05) is 67.6 Å². The quantitative estimate of drug-likeness (QED) is 0.0375. The molecule has 0 radical (unpaired) electrons. The molecule has 2 N–H and O–H groups in total. The monoisotopic (exact) mass is 2000 g/mol. The predicted octanol–water partition coefficient (Wildman–Crippen LogP) is 18.4. The van der Waals surface area contributed by atoms with Crippen molar-refractivity contribution in [3.63, 3.8) is 0 Å². The standard InChI is InChI=1S/C45H34N2O8S.C30H42N2O8SSi3.C30H20N2O8S/c1-27-5-13-31(14-6-27)54-32-15-7-28(8-16-32)45(2,3)29-9-17-33(18-10-29)55-34-19-11-30(12-20-34)47-43(50)38-24-22-36(26-40(38)44(47)51)56(52,53)35-21-23-37-39(25-35)42(49)46(4)41(37)48;1-9-10-17-42(3,4)39-44(7,8)40-43(5,6)18-11-16-32-29(35)24-15-13-22(20-26(24)30(32)36)41(37,38)21-12-14-23-25(19-21)28(34)31(2)27(23)33;1-15-3-4-16(11-25(15)33)17-5-10-24(26(34)12-17)32-29(37)21-9-7-19(14-23(21)30(32)38)41(39,40)18-6-8-20-22(13-18)28(36)31(2)27(20)35/h5-26H,1-4H3;12-15,19-20H,9-11,16-18H2,1-8H3;3-14,33-34H,1-2H3. The van der Waals surface area contributed by atoms with Gasteiger partial charge < -0.3 is 27.9 Å². The lowest BCUT2D eigenvalue weighted by Crippen LogP contribution is -2.52. The number of aryl methyl sites for hydroxylation is 2. The van der Waals surface area contributed by atoms with Crippen LogP contribution in [0.4, 0.5) is 11.4 Å². The fraction of sp³-hybridized carbons (Fsp3) is 0.200. The Morgan fingerprint density at radius 3 is 0.979 bits per heavy atom. The summed E-state index contributed by atoms with van der Waals surface area (Å²) in [5.74, 6) is -4.90. The van der Waals surface area contributed by atoms with Crippen molar-refractivity contribution in [2.24, 2.45) is 0 Å². The minimum atomic E-state index is -4.25. The molecule has 0 bridgehead atoms. The second-order valence-corrected chi connectivity index (χ2v) is 55.5. The molecule has 0 aromatic heterocycles. The van der Waals surface area contributed by atoms with Crippen LogP contribution in [0.5, 0.6) is 34.5 Å². The molecule has 6 aliphatic rings. The minimum absolute atomic E-state index is 0.00696. The SMILES string of the molecule is CCCC[Si](C)(C)O[Si](C)(C)O[Si](C)(C)CCCN1C(=O)c2ccc(S(=O)(=O)c3ccc4c(c3)C(=O)N(C)C4=O)cc2C1=O.Cc1ccc(-c2ccc(N3C(=O)c4ccc(S(=O)(=O)c5ccc6c(c5)C(=O)N(C)C6=O)cc4C3=O)c(O)c2)cc1O.Cc1ccc(Oc2ccc(C(C)(C)c3ccc(Oc4ccc(N5C(=O)c6ccc(S(=O)(=O)c7ccc8c(c7)C(=O)N(C)C8=O)cc6C5=O)cc4)cc3)cc2)cc1.